The number of sulfonamides is 1. The molecule has 1 aliphatic heterocycles. The molecule has 0 aromatic heterocycles. The van der Waals surface area contributed by atoms with Crippen molar-refractivity contribution >= 4 is 10.0 Å². The molecule has 2 aromatic carbocycles. The van der Waals surface area contributed by atoms with Gasteiger partial charge >= 0.3 is 0 Å². The van der Waals surface area contributed by atoms with Crippen molar-refractivity contribution in [3.8, 4) is 0 Å². The van der Waals surface area contributed by atoms with Gasteiger partial charge in [0.25, 0.3) is 0 Å². The van der Waals surface area contributed by atoms with Gasteiger partial charge in [0.05, 0.1) is 18.1 Å². The van der Waals surface area contributed by atoms with Crippen molar-refractivity contribution in [2.75, 3.05) is 19.9 Å². The SMILES string of the molecule is Cc1ccc(S(=O)(=O)N2CCC[C@H]2COCOCc2ccccc2)cc1. The predicted molar refractivity (Wildman–Crippen MR) is 100 cm³/mol. The minimum atomic E-state index is -3.48. The van der Waals surface area contributed by atoms with Crippen molar-refractivity contribution in [1.29, 1.82) is 0 Å². The van der Waals surface area contributed by atoms with E-state index in [0.717, 1.165) is 24.0 Å². The number of rotatable bonds is 8. The maximum Gasteiger partial charge on any atom is 0.243 e. The first-order valence-electron chi connectivity index (χ1n) is 8.85. The van der Waals surface area contributed by atoms with E-state index < -0.39 is 10.0 Å². The topological polar surface area (TPSA) is 55.8 Å². The summed E-state index contributed by atoms with van der Waals surface area (Å²) in [5.41, 5.74) is 2.13. The summed E-state index contributed by atoms with van der Waals surface area (Å²) in [4.78, 5) is 0.343. The normalized spacial score (nSPS) is 18.3. The summed E-state index contributed by atoms with van der Waals surface area (Å²) in [6.07, 6.45) is 1.66. The van der Waals surface area contributed by atoms with Gasteiger partial charge in [-0.05, 0) is 37.5 Å². The largest absolute Gasteiger partial charge is 0.354 e. The third-order valence-corrected chi connectivity index (χ3v) is 6.51. The van der Waals surface area contributed by atoms with E-state index in [2.05, 4.69) is 0 Å². The second kappa shape index (κ2) is 8.77. The second-order valence-corrected chi connectivity index (χ2v) is 8.44. The van der Waals surface area contributed by atoms with Crippen LogP contribution in [0.25, 0.3) is 0 Å². The summed E-state index contributed by atoms with van der Waals surface area (Å²) in [5.74, 6) is 0. The van der Waals surface area contributed by atoms with Gasteiger partial charge in [0.2, 0.25) is 10.0 Å². The minimum Gasteiger partial charge on any atom is -0.354 e. The van der Waals surface area contributed by atoms with Crippen LogP contribution in [0.3, 0.4) is 0 Å². The van der Waals surface area contributed by atoms with E-state index in [1.54, 1.807) is 16.4 Å². The highest BCUT2D eigenvalue weighted by molar-refractivity contribution is 7.89. The molecule has 1 fully saturated rings. The van der Waals surface area contributed by atoms with Crippen molar-refractivity contribution < 1.29 is 17.9 Å². The number of aryl methyl sites for hydroxylation is 1. The summed E-state index contributed by atoms with van der Waals surface area (Å²) in [6.45, 7) is 3.47. The number of hydrogen-bond acceptors (Lipinski definition) is 4. The van der Waals surface area contributed by atoms with E-state index >= 15 is 0 Å². The zero-order chi connectivity index (χ0) is 18.4. The molecule has 140 valence electrons. The Labute approximate surface area is 155 Å². The molecule has 0 unspecified atom stereocenters. The minimum absolute atomic E-state index is 0.137. The molecule has 0 aliphatic carbocycles. The Hall–Kier alpha value is -1.73. The van der Waals surface area contributed by atoms with Crippen molar-refractivity contribution in [2.24, 2.45) is 0 Å². The van der Waals surface area contributed by atoms with Gasteiger partial charge in [0.1, 0.15) is 6.79 Å². The monoisotopic (exact) mass is 375 g/mol. The van der Waals surface area contributed by atoms with Gasteiger partial charge < -0.3 is 9.47 Å². The highest BCUT2D eigenvalue weighted by Crippen LogP contribution is 2.26. The van der Waals surface area contributed by atoms with Gasteiger partial charge in [-0.3, -0.25) is 0 Å². The summed E-state index contributed by atoms with van der Waals surface area (Å²) < 4.78 is 38.4. The molecule has 0 amide bonds. The van der Waals surface area contributed by atoms with Crippen LogP contribution in [0.1, 0.15) is 24.0 Å². The van der Waals surface area contributed by atoms with Gasteiger partial charge in [-0.25, -0.2) is 8.42 Å². The van der Waals surface area contributed by atoms with Gasteiger partial charge in [0.15, 0.2) is 0 Å². The standard InChI is InChI=1S/C20H25NO4S/c1-17-9-11-20(12-10-17)26(22,23)21-13-5-8-19(21)15-25-16-24-14-18-6-3-2-4-7-18/h2-4,6-7,9-12,19H,5,8,13-16H2,1H3/t19-/m0/s1. The Morgan fingerprint density at radius 2 is 1.77 bits per heavy atom. The average molecular weight is 375 g/mol. The van der Waals surface area contributed by atoms with Crippen LogP contribution in [-0.4, -0.2) is 38.7 Å². The predicted octanol–water partition coefficient (Wildman–Crippen LogP) is 3.34. The number of hydrogen-bond donors (Lipinski definition) is 0. The lowest BCUT2D eigenvalue weighted by molar-refractivity contribution is -0.0698. The summed E-state index contributed by atoms with van der Waals surface area (Å²) in [6, 6.07) is 16.7. The van der Waals surface area contributed by atoms with Gasteiger partial charge in [-0.15, -0.1) is 0 Å². The van der Waals surface area contributed by atoms with Crippen LogP contribution in [0.5, 0.6) is 0 Å². The lowest BCUT2D eigenvalue weighted by atomic mass is 10.2. The summed E-state index contributed by atoms with van der Waals surface area (Å²) >= 11 is 0. The van der Waals surface area contributed by atoms with Crippen molar-refractivity contribution in [2.45, 2.75) is 37.3 Å². The molecule has 1 atom stereocenters. The van der Waals surface area contributed by atoms with Gasteiger partial charge in [-0.2, -0.15) is 4.31 Å². The van der Waals surface area contributed by atoms with Gasteiger partial charge in [-0.1, -0.05) is 48.0 Å². The Morgan fingerprint density at radius 1 is 1.04 bits per heavy atom. The molecular weight excluding hydrogens is 350 g/mol. The van der Waals surface area contributed by atoms with Gasteiger partial charge in [0, 0.05) is 12.6 Å². The molecule has 0 spiro atoms. The first-order chi connectivity index (χ1) is 12.6. The lowest BCUT2D eigenvalue weighted by Crippen LogP contribution is -2.38. The van der Waals surface area contributed by atoms with E-state index in [0.29, 0.717) is 24.7 Å². The molecule has 3 rings (SSSR count). The third kappa shape index (κ3) is 4.71. The van der Waals surface area contributed by atoms with E-state index in [1.807, 2.05) is 49.4 Å². The molecule has 26 heavy (non-hydrogen) atoms. The fraction of sp³-hybridized carbons (Fsp3) is 0.400. The van der Waals surface area contributed by atoms with Crippen LogP contribution < -0.4 is 0 Å². The lowest BCUT2D eigenvalue weighted by Gasteiger charge is -2.24. The highest BCUT2D eigenvalue weighted by atomic mass is 32.2. The van der Waals surface area contributed by atoms with E-state index in [4.69, 9.17) is 9.47 Å². The molecule has 1 saturated heterocycles. The van der Waals surface area contributed by atoms with Crippen LogP contribution >= 0.6 is 0 Å². The van der Waals surface area contributed by atoms with Crippen LogP contribution in [0.4, 0.5) is 0 Å². The number of nitrogens with zero attached hydrogens (tertiary/aromatic N) is 1. The van der Waals surface area contributed by atoms with Crippen molar-refractivity contribution in [3.63, 3.8) is 0 Å². The van der Waals surface area contributed by atoms with Crippen molar-refractivity contribution in [3.05, 3.63) is 65.7 Å². The van der Waals surface area contributed by atoms with Crippen LogP contribution in [-0.2, 0) is 26.1 Å². The third-order valence-electron chi connectivity index (χ3n) is 4.54. The Morgan fingerprint density at radius 3 is 2.50 bits per heavy atom. The van der Waals surface area contributed by atoms with Crippen LogP contribution in [0.15, 0.2) is 59.5 Å². The molecule has 6 heteroatoms. The van der Waals surface area contributed by atoms with E-state index in [1.165, 1.54) is 0 Å². The fourth-order valence-electron chi connectivity index (χ4n) is 3.11. The highest BCUT2D eigenvalue weighted by Gasteiger charge is 2.35. The molecule has 1 aliphatic rings. The molecule has 2 aromatic rings. The number of benzene rings is 2. The molecule has 1 heterocycles. The average Bonchev–Trinajstić information content (AvgIpc) is 3.12. The Balaban J connectivity index is 1.51. The van der Waals surface area contributed by atoms with Crippen molar-refractivity contribution in [1.82, 2.24) is 4.31 Å². The summed E-state index contributed by atoms with van der Waals surface area (Å²) in [5, 5.41) is 0. The van der Waals surface area contributed by atoms with Crippen LogP contribution in [0.2, 0.25) is 0 Å². The molecule has 0 saturated carbocycles. The molecule has 5 nitrogen and oxygen atoms in total. The zero-order valence-electron chi connectivity index (χ0n) is 15.0. The zero-order valence-corrected chi connectivity index (χ0v) is 15.8. The molecule has 0 radical (unpaired) electrons. The smallest absolute Gasteiger partial charge is 0.243 e. The fourth-order valence-corrected chi connectivity index (χ4v) is 4.79. The maximum atomic E-state index is 12.9. The maximum absolute atomic E-state index is 12.9. The Kier molecular flexibility index (Phi) is 6.43. The second-order valence-electron chi connectivity index (χ2n) is 6.55. The quantitative estimate of drug-likeness (QED) is 0.525. The van der Waals surface area contributed by atoms with E-state index in [9.17, 15) is 8.42 Å². The first-order valence-corrected chi connectivity index (χ1v) is 10.3. The van der Waals surface area contributed by atoms with E-state index in [-0.39, 0.29) is 12.8 Å². The number of ether oxygens (including phenoxy) is 2. The Bertz CT molecular complexity index is 790. The first kappa shape index (κ1) is 19.0. The molecule has 0 N–H and O–H groups in total. The molecular formula is C20H25NO4S. The summed E-state index contributed by atoms with van der Waals surface area (Å²) in [7, 11) is -3.48. The van der Waals surface area contributed by atoms with Crippen LogP contribution in [0, 0.1) is 6.92 Å². The molecule has 0 bridgehead atoms.